The molecule has 0 atom stereocenters. The zero-order valence-corrected chi connectivity index (χ0v) is 19.9. The maximum absolute atomic E-state index is 12.3. The fourth-order valence-electron chi connectivity index (χ4n) is 3.69. The van der Waals surface area contributed by atoms with Gasteiger partial charge in [0.1, 0.15) is 18.1 Å². The lowest BCUT2D eigenvalue weighted by atomic mass is 10.0. The number of nitrogens with zero attached hydrogens (tertiary/aromatic N) is 2. The van der Waals surface area contributed by atoms with Gasteiger partial charge in [0.15, 0.2) is 5.76 Å². The van der Waals surface area contributed by atoms with E-state index in [4.69, 9.17) is 9.15 Å². The number of hydrogen-bond acceptors (Lipinski definition) is 4. The van der Waals surface area contributed by atoms with Crippen LogP contribution < -0.4 is 10.2 Å². The molecule has 4 aromatic rings. The van der Waals surface area contributed by atoms with Gasteiger partial charge in [-0.25, -0.2) is 5.43 Å². The molecule has 0 radical (unpaired) electrons. The molecule has 0 aliphatic heterocycles. The second-order valence-corrected chi connectivity index (χ2v) is 8.52. The molecule has 0 saturated heterocycles. The number of hydrogen-bond donors (Lipinski definition) is 1. The van der Waals surface area contributed by atoms with Gasteiger partial charge >= 0.3 is 5.91 Å². The predicted octanol–water partition coefficient (Wildman–Crippen LogP) is 6.15. The largest absolute Gasteiger partial charge is 0.486 e. The fraction of sp³-hybridized carbons (Fsp3) is 0.214. The molecule has 1 N–H and O–H groups in total. The number of carbonyl (C=O) groups is 1. The summed E-state index contributed by atoms with van der Waals surface area (Å²) < 4.78 is 13.6. The third kappa shape index (κ3) is 5.46. The Kier molecular flexibility index (Phi) is 6.97. The smallest absolute Gasteiger partial charge is 0.307 e. The van der Waals surface area contributed by atoms with E-state index in [1.807, 2.05) is 36.4 Å². The monoisotopic (exact) mass is 455 g/mol. The molecule has 0 fully saturated rings. The van der Waals surface area contributed by atoms with Crippen LogP contribution in [0.2, 0.25) is 0 Å². The molecule has 0 spiro atoms. The van der Waals surface area contributed by atoms with Gasteiger partial charge in [-0.15, -0.1) is 0 Å². The van der Waals surface area contributed by atoms with Gasteiger partial charge in [0, 0.05) is 17.1 Å². The standard InChI is InChI=1S/C28H29N3O3/c1-19(2)23-9-7-22(8-10-23)17-29-30-28(32)27-16-15-26(34-27)18-33-25-13-11-24(12-14-25)31-20(3)5-6-21(31)4/h5-17,19H,18H2,1-4H3,(H,30,32)/b29-17+. The normalized spacial score (nSPS) is 11.3. The summed E-state index contributed by atoms with van der Waals surface area (Å²) in [5.74, 6) is 1.52. The number of rotatable bonds is 8. The topological polar surface area (TPSA) is 68.8 Å². The van der Waals surface area contributed by atoms with Gasteiger partial charge in [-0.1, -0.05) is 38.1 Å². The Bertz CT molecular complexity index is 1260. The summed E-state index contributed by atoms with van der Waals surface area (Å²) >= 11 is 0. The third-order valence-electron chi connectivity index (χ3n) is 5.62. The summed E-state index contributed by atoms with van der Waals surface area (Å²) in [6.45, 7) is 8.68. The van der Waals surface area contributed by atoms with E-state index in [-0.39, 0.29) is 12.4 Å². The highest BCUT2D eigenvalue weighted by molar-refractivity contribution is 5.92. The molecule has 0 saturated carbocycles. The lowest BCUT2D eigenvalue weighted by Gasteiger charge is -2.10. The van der Waals surface area contributed by atoms with Crippen molar-refractivity contribution in [2.75, 3.05) is 0 Å². The molecule has 2 heterocycles. The minimum atomic E-state index is -0.414. The first-order chi connectivity index (χ1) is 16.4. The molecule has 0 bridgehead atoms. The first-order valence-electron chi connectivity index (χ1n) is 11.3. The van der Waals surface area contributed by atoms with Crippen molar-refractivity contribution in [3.05, 3.63) is 107 Å². The maximum Gasteiger partial charge on any atom is 0.307 e. The summed E-state index contributed by atoms with van der Waals surface area (Å²) in [4.78, 5) is 12.3. The summed E-state index contributed by atoms with van der Waals surface area (Å²) in [6.07, 6.45) is 1.61. The second-order valence-electron chi connectivity index (χ2n) is 8.52. The number of amides is 1. The van der Waals surface area contributed by atoms with Gasteiger partial charge in [-0.05, 0) is 79.4 Å². The minimum Gasteiger partial charge on any atom is -0.486 e. The molecule has 0 unspecified atom stereocenters. The van der Waals surface area contributed by atoms with Gasteiger partial charge < -0.3 is 13.7 Å². The third-order valence-corrected chi connectivity index (χ3v) is 5.62. The number of aromatic nitrogens is 1. The molecule has 174 valence electrons. The molecular formula is C28H29N3O3. The minimum absolute atomic E-state index is 0.180. The van der Waals surface area contributed by atoms with E-state index in [0.717, 1.165) is 17.0 Å². The molecule has 2 aromatic carbocycles. The Morgan fingerprint density at radius 1 is 0.971 bits per heavy atom. The van der Waals surface area contributed by atoms with E-state index in [9.17, 15) is 4.79 Å². The van der Waals surface area contributed by atoms with Crippen LogP contribution in [0.25, 0.3) is 5.69 Å². The fourth-order valence-corrected chi connectivity index (χ4v) is 3.69. The number of benzene rings is 2. The van der Waals surface area contributed by atoms with Crippen LogP contribution in [-0.4, -0.2) is 16.7 Å². The molecule has 1 amide bonds. The zero-order chi connectivity index (χ0) is 24.1. The van der Waals surface area contributed by atoms with Crippen molar-refractivity contribution < 1.29 is 13.9 Å². The molecular weight excluding hydrogens is 426 g/mol. The van der Waals surface area contributed by atoms with Gasteiger partial charge in [0.05, 0.1) is 6.21 Å². The number of carbonyl (C=O) groups excluding carboxylic acids is 1. The second kappa shape index (κ2) is 10.3. The summed E-state index contributed by atoms with van der Waals surface area (Å²) in [5.41, 5.74) is 8.11. The highest BCUT2D eigenvalue weighted by atomic mass is 16.5. The van der Waals surface area contributed by atoms with Crippen LogP contribution in [0.15, 0.2) is 82.3 Å². The van der Waals surface area contributed by atoms with Crippen molar-refractivity contribution in [1.82, 2.24) is 9.99 Å². The summed E-state index contributed by atoms with van der Waals surface area (Å²) in [5, 5.41) is 4.02. The average molecular weight is 456 g/mol. The van der Waals surface area contributed by atoms with Crippen LogP contribution in [0.3, 0.4) is 0 Å². The van der Waals surface area contributed by atoms with Crippen LogP contribution in [0.4, 0.5) is 0 Å². The van der Waals surface area contributed by atoms with Crippen molar-refractivity contribution in [3.8, 4) is 11.4 Å². The molecule has 6 heteroatoms. The van der Waals surface area contributed by atoms with Crippen LogP contribution in [0.5, 0.6) is 5.75 Å². The average Bonchev–Trinajstić information content (AvgIpc) is 3.45. The summed E-state index contributed by atoms with van der Waals surface area (Å²) in [7, 11) is 0. The van der Waals surface area contributed by atoms with Crippen LogP contribution in [0.1, 0.15) is 58.6 Å². The van der Waals surface area contributed by atoms with Crippen LogP contribution in [-0.2, 0) is 6.61 Å². The molecule has 34 heavy (non-hydrogen) atoms. The highest BCUT2D eigenvalue weighted by Gasteiger charge is 2.11. The number of furan rings is 1. The summed E-state index contributed by atoms with van der Waals surface area (Å²) in [6, 6.07) is 23.5. The number of ether oxygens (including phenoxy) is 1. The quantitative estimate of drug-likeness (QED) is 0.256. The Hall–Kier alpha value is -4.06. The Morgan fingerprint density at radius 2 is 1.65 bits per heavy atom. The van der Waals surface area contributed by atoms with Gasteiger partial charge in [-0.3, -0.25) is 4.79 Å². The predicted molar refractivity (Wildman–Crippen MR) is 134 cm³/mol. The number of hydrazone groups is 1. The van der Waals surface area contributed by atoms with Crippen molar-refractivity contribution in [2.24, 2.45) is 5.10 Å². The van der Waals surface area contributed by atoms with Gasteiger partial charge in [-0.2, -0.15) is 5.10 Å². The van der Waals surface area contributed by atoms with E-state index in [1.165, 1.54) is 17.0 Å². The van der Waals surface area contributed by atoms with Crippen LogP contribution >= 0.6 is 0 Å². The lowest BCUT2D eigenvalue weighted by molar-refractivity contribution is 0.0923. The van der Waals surface area contributed by atoms with Crippen molar-refractivity contribution in [1.29, 1.82) is 0 Å². The Balaban J connectivity index is 1.29. The first kappa shape index (κ1) is 23.1. The van der Waals surface area contributed by atoms with E-state index < -0.39 is 5.91 Å². The lowest BCUT2D eigenvalue weighted by Crippen LogP contribution is -2.16. The van der Waals surface area contributed by atoms with Crippen molar-refractivity contribution in [3.63, 3.8) is 0 Å². The molecule has 4 rings (SSSR count). The Labute approximate surface area is 199 Å². The van der Waals surface area contributed by atoms with Crippen molar-refractivity contribution >= 4 is 12.1 Å². The highest BCUT2D eigenvalue weighted by Crippen LogP contribution is 2.21. The molecule has 0 aliphatic carbocycles. The zero-order valence-electron chi connectivity index (χ0n) is 19.9. The molecule has 6 nitrogen and oxygen atoms in total. The van der Waals surface area contributed by atoms with E-state index in [1.54, 1.807) is 18.3 Å². The van der Waals surface area contributed by atoms with E-state index in [0.29, 0.717) is 11.7 Å². The Morgan fingerprint density at radius 3 is 2.29 bits per heavy atom. The van der Waals surface area contributed by atoms with Crippen molar-refractivity contribution in [2.45, 2.75) is 40.2 Å². The maximum atomic E-state index is 12.3. The first-order valence-corrected chi connectivity index (χ1v) is 11.3. The van der Waals surface area contributed by atoms with E-state index >= 15 is 0 Å². The van der Waals surface area contributed by atoms with Gasteiger partial charge in [0.25, 0.3) is 0 Å². The van der Waals surface area contributed by atoms with Gasteiger partial charge in [0.2, 0.25) is 0 Å². The number of aryl methyl sites for hydroxylation is 2. The van der Waals surface area contributed by atoms with Crippen LogP contribution in [0, 0.1) is 13.8 Å². The number of nitrogens with one attached hydrogen (secondary N) is 1. The SMILES string of the molecule is Cc1ccc(C)n1-c1ccc(OCc2ccc(C(=O)N/N=C/c3ccc(C(C)C)cc3)o2)cc1. The molecule has 2 aromatic heterocycles. The molecule has 0 aliphatic rings. The van der Waals surface area contributed by atoms with E-state index in [2.05, 4.69) is 67.1 Å².